The van der Waals surface area contributed by atoms with E-state index in [4.69, 9.17) is 5.11 Å². The molecule has 0 atom stereocenters. The molecule has 0 saturated carbocycles. The predicted octanol–water partition coefficient (Wildman–Crippen LogP) is 2.28. The summed E-state index contributed by atoms with van der Waals surface area (Å²) in [5, 5.41) is 13.2. The number of aromatic carboxylic acids is 1. The van der Waals surface area contributed by atoms with E-state index in [1.165, 1.54) is 6.20 Å². The minimum absolute atomic E-state index is 0.0427. The van der Waals surface area contributed by atoms with Crippen molar-refractivity contribution < 1.29 is 14.7 Å². The Kier molecular flexibility index (Phi) is 5.01. The number of hydrogen-bond donors (Lipinski definition) is 1. The van der Waals surface area contributed by atoms with Gasteiger partial charge in [-0.2, -0.15) is 5.10 Å². The summed E-state index contributed by atoms with van der Waals surface area (Å²) >= 11 is 0. The highest BCUT2D eigenvalue weighted by Crippen LogP contribution is 2.25. The van der Waals surface area contributed by atoms with Crippen molar-refractivity contribution in [1.29, 1.82) is 0 Å². The summed E-state index contributed by atoms with van der Waals surface area (Å²) in [5.74, 6) is -0.216. The largest absolute Gasteiger partial charge is 0.478 e. The number of carboxylic acid groups (broad SMARTS) is 1. The Balaban J connectivity index is 1.70. The van der Waals surface area contributed by atoms with Crippen molar-refractivity contribution in [1.82, 2.24) is 24.6 Å². The van der Waals surface area contributed by atoms with Crippen LogP contribution in [0.2, 0.25) is 0 Å². The van der Waals surface area contributed by atoms with Gasteiger partial charge in [-0.05, 0) is 25.7 Å². The summed E-state index contributed by atoms with van der Waals surface area (Å²) in [6.07, 6.45) is 6.00. The van der Waals surface area contributed by atoms with Crippen LogP contribution in [0.1, 0.15) is 70.9 Å². The lowest BCUT2D eigenvalue weighted by Gasteiger charge is -2.32. The number of piperidine rings is 1. The molecule has 1 N–H and O–H groups in total. The normalized spacial score (nSPS) is 15.5. The molecule has 0 bridgehead atoms. The molecule has 0 aliphatic carbocycles. The standard InChI is InChI=1S/C18H23N5O3/c1-11(2)16-15(9-19-12(3)21-16)17(24)22-6-4-14(5-7-22)23-10-13(8-20-23)18(25)26/h8-11,14H,4-7H2,1-3H3,(H,25,26). The van der Waals surface area contributed by atoms with Gasteiger partial charge in [-0.25, -0.2) is 14.8 Å². The molecule has 1 saturated heterocycles. The van der Waals surface area contributed by atoms with Crippen LogP contribution in [-0.2, 0) is 0 Å². The summed E-state index contributed by atoms with van der Waals surface area (Å²) in [6, 6.07) is 0.103. The first-order valence-corrected chi connectivity index (χ1v) is 8.77. The molecule has 3 rings (SSSR count). The number of amides is 1. The van der Waals surface area contributed by atoms with Crippen molar-refractivity contribution in [2.24, 2.45) is 0 Å². The van der Waals surface area contributed by atoms with Crippen molar-refractivity contribution in [2.45, 2.75) is 45.6 Å². The van der Waals surface area contributed by atoms with E-state index in [0.29, 0.717) is 24.5 Å². The van der Waals surface area contributed by atoms with E-state index >= 15 is 0 Å². The zero-order valence-corrected chi connectivity index (χ0v) is 15.2. The van der Waals surface area contributed by atoms with Gasteiger partial charge in [0.05, 0.1) is 29.1 Å². The Labute approximate surface area is 151 Å². The Morgan fingerprint density at radius 3 is 2.50 bits per heavy atom. The van der Waals surface area contributed by atoms with Crippen molar-refractivity contribution in [3.8, 4) is 0 Å². The van der Waals surface area contributed by atoms with Gasteiger partial charge in [-0.3, -0.25) is 9.48 Å². The highest BCUT2D eigenvalue weighted by atomic mass is 16.4. The van der Waals surface area contributed by atoms with Crippen LogP contribution >= 0.6 is 0 Å². The number of likely N-dealkylation sites (tertiary alicyclic amines) is 1. The Morgan fingerprint density at radius 2 is 1.92 bits per heavy atom. The quantitative estimate of drug-likeness (QED) is 0.901. The van der Waals surface area contributed by atoms with Gasteiger partial charge in [0, 0.05) is 25.5 Å². The van der Waals surface area contributed by atoms with Crippen LogP contribution in [0.5, 0.6) is 0 Å². The third kappa shape index (κ3) is 3.58. The third-order valence-corrected chi connectivity index (χ3v) is 4.69. The van der Waals surface area contributed by atoms with Gasteiger partial charge in [0.25, 0.3) is 5.91 Å². The van der Waals surface area contributed by atoms with Crippen LogP contribution in [0.4, 0.5) is 0 Å². The highest BCUT2D eigenvalue weighted by Gasteiger charge is 2.27. The van der Waals surface area contributed by atoms with Crippen LogP contribution in [0.25, 0.3) is 0 Å². The van der Waals surface area contributed by atoms with Gasteiger partial charge >= 0.3 is 5.97 Å². The van der Waals surface area contributed by atoms with Gasteiger partial charge in [-0.1, -0.05) is 13.8 Å². The molecule has 3 heterocycles. The Bertz CT molecular complexity index is 822. The number of aromatic nitrogens is 4. The van der Waals surface area contributed by atoms with Gasteiger partial charge < -0.3 is 10.0 Å². The average Bonchev–Trinajstić information content (AvgIpc) is 3.11. The van der Waals surface area contributed by atoms with Crippen molar-refractivity contribution in [2.75, 3.05) is 13.1 Å². The van der Waals surface area contributed by atoms with Crippen LogP contribution in [0.15, 0.2) is 18.6 Å². The molecular formula is C18H23N5O3. The van der Waals surface area contributed by atoms with Crippen molar-refractivity contribution in [3.05, 3.63) is 41.2 Å². The maximum atomic E-state index is 12.9. The van der Waals surface area contributed by atoms with Crippen LogP contribution in [0, 0.1) is 6.92 Å². The summed E-state index contributed by atoms with van der Waals surface area (Å²) in [7, 11) is 0. The number of carbonyl (C=O) groups is 2. The van der Waals surface area contributed by atoms with E-state index in [9.17, 15) is 9.59 Å². The first-order chi connectivity index (χ1) is 12.4. The number of carboxylic acids is 1. The highest BCUT2D eigenvalue weighted by molar-refractivity contribution is 5.95. The number of carbonyl (C=O) groups excluding carboxylic acids is 1. The van der Waals surface area contributed by atoms with E-state index in [-0.39, 0.29) is 23.4 Å². The SMILES string of the molecule is Cc1ncc(C(=O)N2CCC(n3cc(C(=O)O)cn3)CC2)c(C(C)C)n1. The molecule has 1 fully saturated rings. The lowest BCUT2D eigenvalue weighted by atomic mass is 10.0. The zero-order chi connectivity index (χ0) is 18.8. The molecule has 1 amide bonds. The van der Waals surface area contributed by atoms with Gasteiger partial charge in [0.1, 0.15) is 5.82 Å². The number of nitrogens with zero attached hydrogens (tertiary/aromatic N) is 5. The molecule has 8 nitrogen and oxygen atoms in total. The van der Waals surface area contributed by atoms with E-state index in [1.807, 2.05) is 25.7 Å². The first kappa shape index (κ1) is 18.0. The summed E-state index contributed by atoms with van der Waals surface area (Å²) in [5.41, 5.74) is 1.53. The van der Waals surface area contributed by atoms with Crippen molar-refractivity contribution in [3.63, 3.8) is 0 Å². The Morgan fingerprint density at radius 1 is 1.23 bits per heavy atom. The fourth-order valence-electron chi connectivity index (χ4n) is 3.24. The second-order valence-electron chi connectivity index (χ2n) is 6.91. The number of aryl methyl sites for hydroxylation is 1. The summed E-state index contributed by atoms with van der Waals surface area (Å²) in [6.45, 7) is 7.04. The monoisotopic (exact) mass is 357 g/mol. The molecule has 1 aliphatic rings. The Hall–Kier alpha value is -2.77. The van der Waals surface area contributed by atoms with Gasteiger partial charge in [0.15, 0.2) is 0 Å². The first-order valence-electron chi connectivity index (χ1n) is 8.77. The lowest BCUT2D eigenvalue weighted by Crippen LogP contribution is -2.39. The molecule has 0 spiro atoms. The fourth-order valence-corrected chi connectivity index (χ4v) is 3.24. The molecule has 26 heavy (non-hydrogen) atoms. The molecule has 2 aromatic heterocycles. The molecular weight excluding hydrogens is 334 g/mol. The second kappa shape index (κ2) is 7.23. The average molecular weight is 357 g/mol. The minimum Gasteiger partial charge on any atom is -0.478 e. The second-order valence-corrected chi connectivity index (χ2v) is 6.91. The van der Waals surface area contributed by atoms with Crippen LogP contribution in [-0.4, -0.2) is 54.7 Å². The van der Waals surface area contributed by atoms with E-state index in [2.05, 4.69) is 15.1 Å². The maximum absolute atomic E-state index is 12.9. The third-order valence-electron chi connectivity index (χ3n) is 4.69. The predicted molar refractivity (Wildman–Crippen MR) is 94.2 cm³/mol. The van der Waals surface area contributed by atoms with Gasteiger partial charge in [-0.15, -0.1) is 0 Å². The molecule has 2 aromatic rings. The van der Waals surface area contributed by atoms with Gasteiger partial charge in [0.2, 0.25) is 0 Å². The smallest absolute Gasteiger partial charge is 0.338 e. The fraction of sp³-hybridized carbons (Fsp3) is 0.500. The molecule has 0 unspecified atom stereocenters. The maximum Gasteiger partial charge on any atom is 0.338 e. The molecule has 138 valence electrons. The molecule has 0 radical (unpaired) electrons. The van der Waals surface area contributed by atoms with E-state index < -0.39 is 5.97 Å². The van der Waals surface area contributed by atoms with Crippen molar-refractivity contribution >= 4 is 11.9 Å². The minimum atomic E-state index is -0.982. The summed E-state index contributed by atoms with van der Waals surface area (Å²) in [4.78, 5) is 34.4. The summed E-state index contributed by atoms with van der Waals surface area (Å²) < 4.78 is 1.69. The van der Waals surface area contributed by atoms with Crippen LogP contribution in [0.3, 0.4) is 0 Å². The topological polar surface area (TPSA) is 101 Å². The van der Waals surface area contributed by atoms with Crippen LogP contribution < -0.4 is 0 Å². The molecule has 0 aromatic carbocycles. The van der Waals surface area contributed by atoms with E-state index in [0.717, 1.165) is 18.5 Å². The number of hydrogen-bond acceptors (Lipinski definition) is 5. The lowest BCUT2D eigenvalue weighted by molar-refractivity contribution is 0.0686. The zero-order valence-electron chi connectivity index (χ0n) is 15.2. The number of rotatable bonds is 4. The van der Waals surface area contributed by atoms with E-state index in [1.54, 1.807) is 17.1 Å². The molecule has 8 heteroatoms. The molecule has 1 aliphatic heterocycles.